The summed E-state index contributed by atoms with van der Waals surface area (Å²) in [6.45, 7) is 3.69. The molecule has 1 aromatic rings. The van der Waals surface area contributed by atoms with Gasteiger partial charge in [-0.1, -0.05) is 6.08 Å². The Bertz CT molecular complexity index is 233. The Labute approximate surface area is 88.0 Å². The topological polar surface area (TPSA) is 9.23 Å². The van der Waals surface area contributed by atoms with Crippen molar-refractivity contribution in [2.24, 2.45) is 0 Å². The van der Waals surface area contributed by atoms with Gasteiger partial charge in [0.2, 0.25) is 0 Å². The van der Waals surface area contributed by atoms with Crippen molar-refractivity contribution < 1.29 is 4.74 Å². The summed E-state index contributed by atoms with van der Waals surface area (Å²) in [5.41, 5.74) is 0. The molecule has 0 radical (unpaired) electrons. The van der Waals surface area contributed by atoms with Gasteiger partial charge in [-0.15, -0.1) is 29.5 Å². The van der Waals surface area contributed by atoms with E-state index in [1.54, 1.807) is 11.3 Å². The highest BCUT2D eigenvalue weighted by Crippen LogP contribution is 2.21. The smallest absolute Gasteiger partial charge is 0.174 e. The Balaban J connectivity index is 2.42. The summed E-state index contributed by atoms with van der Waals surface area (Å²) in [7, 11) is 0. The van der Waals surface area contributed by atoms with Crippen molar-refractivity contribution in [3.05, 3.63) is 30.2 Å². The lowest BCUT2D eigenvalue weighted by molar-refractivity contribution is 0.208. The van der Waals surface area contributed by atoms with Crippen LogP contribution in [0.3, 0.4) is 0 Å². The van der Waals surface area contributed by atoms with Crippen molar-refractivity contribution in [3.8, 4) is 5.06 Å². The first-order valence-corrected chi connectivity index (χ1v) is 5.65. The second kappa shape index (κ2) is 6.06. The summed E-state index contributed by atoms with van der Waals surface area (Å²) in [6, 6.07) is 3.95. The Kier molecular flexibility index (Phi) is 4.94. The van der Waals surface area contributed by atoms with Crippen molar-refractivity contribution in [1.82, 2.24) is 0 Å². The predicted molar refractivity (Wildman–Crippen MR) is 58.9 cm³/mol. The average Bonchev–Trinajstić information content (AvgIpc) is 2.58. The van der Waals surface area contributed by atoms with Crippen molar-refractivity contribution in [1.29, 1.82) is 0 Å². The van der Waals surface area contributed by atoms with Gasteiger partial charge in [0.05, 0.1) is 0 Å². The van der Waals surface area contributed by atoms with Crippen molar-refractivity contribution in [2.75, 3.05) is 5.88 Å². The van der Waals surface area contributed by atoms with Crippen LogP contribution in [0, 0.1) is 0 Å². The summed E-state index contributed by atoms with van der Waals surface area (Å²) in [6.07, 6.45) is 3.76. The predicted octanol–water partition coefficient (Wildman–Crippen LogP) is 3.70. The highest BCUT2D eigenvalue weighted by molar-refractivity contribution is 7.11. The van der Waals surface area contributed by atoms with E-state index in [9.17, 15) is 0 Å². The van der Waals surface area contributed by atoms with E-state index in [1.807, 2.05) is 23.6 Å². The first kappa shape index (κ1) is 10.6. The van der Waals surface area contributed by atoms with Crippen LogP contribution in [-0.2, 0) is 0 Å². The molecule has 0 fully saturated rings. The van der Waals surface area contributed by atoms with Gasteiger partial charge in [0.25, 0.3) is 0 Å². The van der Waals surface area contributed by atoms with Crippen molar-refractivity contribution in [2.45, 2.75) is 18.9 Å². The van der Waals surface area contributed by atoms with Gasteiger partial charge in [0, 0.05) is 12.3 Å². The lowest BCUT2D eigenvalue weighted by atomic mass is 10.2. The molecular weight excluding hydrogens is 204 g/mol. The van der Waals surface area contributed by atoms with Crippen LogP contribution in [0.25, 0.3) is 0 Å². The third kappa shape index (κ3) is 3.83. The van der Waals surface area contributed by atoms with Gasteiger partial charge in [0.15, 0.2) is 5.06 Å². The summed E-state index contributed by atoms with van der Waals surface area (Å²) in [4.78, 5) is 0. The van der Waals surface area contributed by atoms with Crippen LogP contribution in [0.1, 0.15) is 12.8 Å². The van der Waals surface area contributed by atoms with Gasteiger partial charge in [-0.05, 0) is 23.9 Å². The molecule has 0 N–H and O–H groups in total. The minimum atomic E-state index is 0.175. The second-order valence-corrected chi connectivity index (χ2v) is 3.96. The molecule has 0 amide bonds. The van der Waals surface area contributed by atoms with E-state index < -0.39 is 0 Å². The minimum Gasteiger partial charge on any atom is -0.481 e. The van der Waals surface area contributed by atoms with E-state index in [2.05, 4.69) is 6.58 Å². The molecule has 1 heterocycles. The van der Waals surface area contributed by atoms with E-state index in [4.69, 9.17) is 16.3 Å². The summed E-state index contributed by atoms with van der Waals surface area (Å²) >= 11 is 7.26. The fraction of sp³-hybridized carbons (Fsp3) is 0.400. The molecule has 3 heteroatoms. The van der Waals surface area contributed by atoms with Crippen LogP contribution in [-0.4, -0.2) is 12.0 Å². The molecule has 0 saturated heterocycles. The number of halogens is 1. The maximum atomic E-state index is 5.70. The van der Waals surface area contributed by atoms with Crippen LogP contribution >= 0.6 is 22.9 Å². The lowest BCUT2D eigenvalue weighted by Gasteiger charge is -2.14. The fourth-order valence-electron chi connectivity index (χ4n) is 1.03. The van der Waals surface area contributed by atoms with E-state index >= 15 is 0 Å². The molecule has 13 heavy (non-hydrogen) atoms. The summed E-state index contributed by atoms with van der Waals surface area (Å²) in [5.74, 6) is 0.629. The molecule has 1 unspecified atom stereocenters. The van der Waals surface area contributed by atoms with E-state index in [0.717, 1.165) is 17.9 Å². The second-order valence-electron chi connectivity index (χ2n) is 2.67. The van der Waals surface area contributed by atoms with Gasteiger partial charge >= 0.3 is 0 Å². The number of ether oxygens (including phenoxy) is 1. The standard InChI is InChI=1S/C10H13ClOS/c1-2-4-9(6-7-11)12-10-5-3-8-13-10/h2-3,5,8-9H,1,4,6-7H2. The van der Waals surface area contributed by atoms with Gasteiger partial charge in [-0.3, -0.25) is 0 Å². The average molecular weight is 217 g/mol. The van der Waals surface area contributed by atoms with Crippen LogP contribution in [0.2, 0.25) is 0 Å². The first-order chi connectivity index (χ1) is 6.36. The number of alkyl halides is 1. The molecule has 0 aliphatic carbocycles. The minimum absolute atomic E-state index is 0.175. The fourth-order valence-corrected chi connectivity index (χ4v) is 1.91. The Morgan fingerprint density at radius 1 is 1.69 bits per heavy atom. The molecule has 1 nitrogen and oxygen atoms in total. The molecule has 1 aromatic heterocycles. The molecule has 0 saturated carbocycles. The summed E-state index contributed by atoms with van der Waals surface area (Å²) in [5, 5.41) is 2.96. The van der Waals surface area contributed by atoms with E-state index in [1.165, 1.54) is 0 Å². The van der Waals surface area contributed by atoms with Gasteiger partial charge < -0.3 is 4.74 Å². The van der Waals surface area contributed by atoms with Crippen molar-refractivity contribution >= 4 is 22.9 Å². The van der Waals surface area contributed by atoms with Gasteiger partial charge in [-0.2, -0.15) is 0 Å². The zero-order valence-electron chi connectivity index (χ0n) is 7.41. The molecule has 1 atom stereocenters. The SMILES string of the molecule is C=CCC(CCCl)Oc1cccs1. The lowest BCUT2D eigenvalue weighted by Crippen LogP contribution is -2.15. The van der Waals surface area contributed by atoms with Crippen LogP contribution in [0.5, 0.6) is 5.06 Å². The van der Waals surface area contributed by atoms with Gasteiger partial charge in [-0.25, -0.2) is 0 Å². The zero-order valence-corrected chi connectivity index (χ0v) is 8.98. The normalized spacial score (nSPS) is 12.4. The molecule has 1 rings (SSSR count). The van der Waals surface area contributed by atoms with E-state index in [-0.39, 0.29) is 6.10 Å². The van der Waals surface area contributed by atoms with E-state index in [0.29, 0.717) is 5.88 Å². The molecule has 0 spiro atoms. The molecule has 0 aliphatic rings. The highest BCUT2D eigenvalue weighted by Gasteiger charge is 2.07. The summed E-state index contributed by atoms with van der Waals surface area (Å²) < 4.78 is 5.70. The maximum Gasteiger partial charge on any atom is 0.174 e. The number of hydrogen-bond donors (Lipinski definition) is 0. The first-order valence-electron chi connectivity index (χ1n) is 4.24. The molecule has 0 aliphatic heterocycles. The maximum absolute atomic E-state index is 5.70. The Morgan fingerprint density at radius 3 is 3.08 bits per heavy atom. The van der Waals surface area contributed by atoms with Gasteiger partial charge in [0.1, 0.15) is 6.10 Å². The van der Waals surface area contributed by atoms with Crippen LogP contribution in [0.15, 0.2) is 30.2 Å². The number of rotatable bonds is 6. The third-order valence-corrected chi connectivity index (χ3v) is 2.61. The van der Waals surface area contributed by atoms with Crippen LogP contribution in [0.4, 0.5) is 0 Å². The largest absolute Gasteiger partial charge is 0.481 e. The highest BCUT2D eigenvalue weighted by atomic mass is 35.5. The third-order valence-electron chi connectivity index (χ3n) is 1.64. The Morgan fingerprint density at radius 2 is 2.54 bits per heavy atom. The van der Waals surface area contributed by atoms with Crippen molar-refractivity contribution in [3.63, 3.8) is 0 Å². The Hall–Kier alpha value is -0.470. The number of thiophene rings is 1. The molecule has 0 bridgehead atoms. The van der Waals surface area contributed by atoms with Crippen LogP contribution < -0.4 is 4.74 Å². The number of hydrogen-bond acceptors (Lipinski definition) is 2. The molecular formula is C10H13ClOS. The quantitative estimate of drug-likeness (QED) is 0.521. The zero-order chi connectivity index (χ0) is 9.52. The monoisotopic (exact) mass is 216 g/mol. The molecule has 72 valence electrons. The molecule has 0 aromatic carbocycles.